The van der Waals surface area contributed by atoms with Gasteiger partial charge in [-0.25, -0.2) is 36.1 Å². The molecule has 0 radical (unpaired) electrons. The van der Waals surface area contributed by atoms with Gasteiger partial charge in [-0.2, -0.15) is 0 Å². The Morgan fingerprint density at radius 1 is 0.783 bits per heavy atom. The van der Waals surface area contributed by atoms with Gasteiger partial charge in [0.1, 0.15) is 0 Å². The molecule has 0 bridgehead atoms. The van der Waals surface area contributed by atoms with Crippen molar-refractivity contribution in [2.24, 2.45) is 23.7 Å². The summed E-state index contributed by atoms with van der Waals surface area (Å²) in [6, 6.07) is 0. The van der Waals surface area contributed by atoms with E-state index in [-0.39, 0.29) is 74.2 Å². The van der Waals surface area contributed by atoms with E-state index in [0.29, 0.717) is 0 Å². The van der Waals surface area contributed by atoms with E-state index in [9.17, 15) is 0 Å². The molecule has 2 fully saturated rings. The van der Waals surface area contributed by atoms with Crippen molar-refractivity contribution in [2.45, 2.75) is 39.5 Å². The molecule has 0 heterocycles. The van der Waals surface area contributed by atoms with Gasteiger partial charge in [-0.1, -0.05) is 38.8 Å². The number of hydrogen-bond donors (Lipinski definition) is 0. The quantitative estimate of drug-likeness (QED) is 0.256. The zero-order valence-electron chi connectivity index (χ0n) is 14.0. The Bertz CT molecular complexity index is 432. The zero-order chi connectivity index (χ0) is 13.9. The molecule has 4 aliphatic rings. The first kappa shape index (κ1) is 24.0. The first-order valence-corrected chi connectivity index (χ1v) is 8.19. The van der Waals surface area contributed by atoms with Crippen LogP contribution < -0.4 is 48.0 Å². The van der Waals surface area contributed by atoms with Crippen LogP contribution in [-0.4, -0.2) is 0 Å². The van der Waals surface area contributed by atoms with Crippen LogP contribution in [0.15, 0.2) is 47.6 Å². The third kappa shape index (κ3) is 6.06. The van der Waals surface area contributed by atoms with Crippen LogP contribution >= 0.6 is 0 Å². The van der Waals surface area contributed by atoms with E-state index in [2.05, 4.69) is 63.1 Å². The van der Waals surface area contributed by atoms with Crippen molar-refractivity contribution in [3.63, 3.8) is 0 Å². The van der Waals surface area contributed by atoms with Gasteiger partial charge >= 0.3 is 26.2 Å². The Balaban J connectivity index is 0.000000372. The zero-order valence-corrected chi connectivity index (χ0v) is 20.8. The first-order chi connectivity index (χ1) is 9.75. The predicted molar refractivity (Wildman–Crippen MR) is 86.8 cm³/mol. The van der Waals surface area contributed by atoms with Crippen molar-refractivity contribution in [2.75, 3.05) is 0 Å². The van der Waals surface area contributed by atoms with Crippen molar-refractivity contribution in [3.05, 3.63) is 60.4 Å². The first-order valence-electron chi connectivity index (χ1n) is 8.19. The van der Waals surface area contributed by atoms with Crippen LogP contribution in [-0.2, 0) is 26.2 Å². The Morgan fingerprint density at radius 2 is 1.17 bits per heavy atom. The number of fused-ring (bicyclic) bond motifs is 2. The molecule has 4 rings (SSSR count). The van der Waals surface area contributed by atoms with Gasteiger partial charge in [-0.15, -0.1) is 25.0 Å². The molecular weight excluding hydrogens is 585 g/mol. The fourth-order valence-corrected chi connectivity index (χ4v) is 3.96. The molecule has 0 aromatic heterocycles. The predicted octanol–water partition coefficient (Wildman–Crippen LogP) is -0.529. The van der Waals surface area contributed by atoms with Gasteiger partial charge in [0.2, 0.25) is 0 Å². The number of rotatable bonds is 0. The molecule has 23 heavy (non-hydrogen) atoms. The molecular formula is C20H26I2Zr. The maximum absolute atomic E-state index is 2.38. The molecule has 0 spiro atoms. The molecule has 0 N–H and O–H groups in total. The summed E-state index contributed by atoms with van der Waals surface area (Å²) in [4.78, 5) is 0. The van der Waals surface area contributed by atoms with Crippen molar-refractivity contribution in [1.29, 1.82) is 0 Å². The van der Waals surface area contributed by atoms with E-state index in [1.54, 1.807) is 11.1 Å². The fraction of sp³-hybridized carbons (Fsp3) is 0.500. The molecule has 124 valence electrons. The van der Waals surface area contributed by atoms with E-state index in [0.717, 1.165) is 23.7 Å². The van der Waals surface area contributed by atoms with E-state index in [1.165, 1.54) is 25.7 Å². The summed E-state index contributed by atoms with van der Waals surface area (Å²) in [5.74, 6) is 3.26. The summed E-state index contributed by atoms with van der Waals surface area (Å²) < 4.78 is 0. The molecule has 2 saturated carbocycles. The van der Waals surface area contributed by atoms with E-state index < -0.39 is 0 Å². The molecule has 4 atom stereocenters. The third-order valence-corrected chi connectivity index (χ3v) is 5.25. The Kier molecular flexibility index (Phi) is 12.1. The SMILES string of the molecule is CC1C=CC=C2[CH-]CCC21.CC1C=CC=C2[CH-]CCC21.[I-].[I-].[Zr+4]. The fourth-order valence-electron chi connectivity index (χ4n) is 3.96. The normalized spacial score (nSPS) is 31.9. The van der Waals surface area contributed by atoms with Crippen molar-refractivity contribution < 1.29 is 74.2 Å². The van der Waals surface area contributed by atoms with Gasteiger partial charge in [0.05, 0.1) is 0 Å². The molecule has 0 aromatic carbocycles. The minimum Gasteiger partial charge on any atom is -1.00 e. The van der Waals surface area contributed by atoms with Gasteiger partial charge in [-0.05, 0) is 23.7 Å². The summed E-state index contributed by atoms with van der Waals surface area (Å²) in [7, 11) is 0. The van der Waals surface area contributed by atoms with Crippen molar-refractivity contribution in [1.82, 2.24) is 0 Å². The van der Waals surface area contributed by atoms with E-state index >= 15 is 0 Å². The maximum atomic E-state index is 2.38. The van der Waals surface area contributed by atoms with E-state index in [1.807, 2.05) is 0 Å². The molecule has 0 saturated heterocycles. The number of halogens is 2. The molecule has 0 aliphatic heterocycles. The van der Waals surface area contributed by atoms with Crippen LogP contribution in [0.4, 0.5) is 0 Å². The second-order valence-electron chi connectivity index (χ2n) is 6.60. The van der Waals surface area contributed by atoms with Crippen LogP contribution in [0.2, 0.25) is 0 Å². The Morgan fingerprint density at radius 3 is 1.52 bits per heavy atom. The van der Waals surface area contributed by atoms with Crippen molar-refractivity contribution in [3.8, 4) is 0 Å². The van der Waals surface area contributed by atoms with Crippen LogP contribution in [0.5, 0.6) is 0 Å². The van der Waals surface area contributed by atoms with Gasteiger partial charge in [0.25, 0.3) is 0 Å². The molecule has 4 unspecified atom stereocenters. The summed E-state index contributed by atoms with van der Waals surface area (Å²) >= 11 is 0. The maximum Gasteiger partial charge on any atom is 4.00 e. The summed E-state index contributed by atoms with van der Waals surface area (Å²) in [6.07, 6.45) is 23.6. The van der Waals surface area contributed by atoms with Gasteiger partial charge in [-0.3, -0.25) is 0 Å². The van der Waals surface area contributed by atoms with E-state index in [4.69, 9.17) is 0 Å². The largest absolute Gasteiger partial charge is 4.00 e. The summed E-state index contributed by atoms with van der Waals surface area (Å²) in [5.41, 5.74) is 3.16. The van der Waals surface area contributed by atoms with Crippen LogP contribution in [0.25, 0.3) is 0 Å². The van der Waals surface area contributed by atoms with Crippen LogP contribution in [0.1, 0.15) is 39.5 Å². The molecule has 4 aliphatic carbocycles. The van der Waals surface area contributed by atoms with Gasteiger partial charge in [0.15, 0.2) is 0 Å². The third-order valence-electron chi connectivity index (χ3n) is 5.25. The standard InChI is InChI=1S/2C10H13.2HI.Zr/c2*1-8-4-2-5-9-6-3-7-10(8)9;;;/h2*2,4-6,8,10H,3,7H2,1H3;2*1H;/q2*-1;;;+4/p-2. The Labute approximate surface area is 195 Å². The van der Waals surface area contributed by atoms with Gasteiger partial charge in [0, 0.05) is 0 Å². The topological polar surface area (TPSA) is 0 Å². The molecule has 3 heteroatoms. The van der Waals surface area contributed by atoms with Gasteiger partial charge < -0.3 is 48.0 Å². The minimum absolute atomic E-state index is 0. The number of allylic oxidation sites excluding steroid dienone is 8. The summed E-state index contributed by atoms with van der Waals surface area (Å²) in [5, 5.41) is 0. The molecule has 0 aromatic rings. The van der Waals surface area contributed by atoms with Crippen LogP contribution in [0.3, 0.4) is 0 Å². The second kappa shape index (κ2) is 11.6. The average Bonchev–Trinajstić information content (AvgIpc) is 3.08. The second-order valence-corrected chi connectivity index (χ2v) is 6.60. The monoisotopic (exact) mass is 610 g/mol. The Hall–Kier alpha value is 1.04. The number of hydrogen-bond acceptors (Lipinski definition) is 0. The van der Waals surface area contributed by atoms with Crippen molar-refractivity contribution >= 4 is 0 Å². The summed E-state index contributed by atoms with van der Waals surface area (Å²) in [6.45, 7) is 4.63. The molecule has 0 amide bonds. The smallest absolute Gasteiger partial charge is 1.00 e. The average molecular weight is 611 g/mol. The van der Waals surface area contributed by atoms with Crippen LogP contribution in [0, 0.1) is 36.5 Å². The minimum atomic E-state index is 0. The molecule has 0 nitrogen and oxygen atoms in total.